The zero-order chi connectivity index (χ0) is 15.2. The fourth-order valence-corrected chi connectivity index (χ4v) is 3.35. The highest BCUT2D eigenvalue weighted by Crippen LogP contribution is 2.25. The molecule has 0 saturated carbocycles. The molecule has 1 aliphatic rings. The van der Waals surface area contributed by atoms with Crippen LogP contribution in [0.2, 0.25) is 5.02 Å². The van der Waals surface area contributed by atoms with Crippen LogP contribution in [-0.4, -0.2) is 40.4 Å². The fraction of sp³-hybridized carbons (Fsp3) is 0.812. The molecule has 1 atom stereocenters. The van der Waals surface area contributed by atoms with Gasteiger partial charge in [-0.1, -0.05) is 24.9 Å². The SMILES string of the molecule is CCCNCC1CCCCN1Cc1c(Cl)c(C)nn1CC. The Hall–Kier alpha value is -0.580. The monoisotopic (exact) mass is 312 g/mol. The number of hydrogen-bond donors (Lipinski definition) is 1. The Morgan fingerprint density at radius 3 is 2.86 bits per heavy atom. The molecule has 5 heteroatoms. The predicted molar refractivity (Wildman–Crippen MR) is 88.9 cm³/mol. The van der Waals surface area contributed by atoms with Crippen LogP contribution in [0.25, 0.3) is 0 Å². The summed E-state index contributed by atoms with van der Waals surface area (Å²) < 4.78 is 2.06. The van der Waals surface area contributed by atoms with E-state index in [2.05, 4.69) is 33.8 Å². The Morgan fingerprint density at radius 2 is 2.14 bits per heavy atom. The molecule has 2 heterocycles. The molecule has 1 unspecified atom stereocenters. The Bertz CT molecular complexity index is 444. The smallest absolute Gasteiger partial charge is 0.0860 e. The van der Waals surface area contributed by atoms with E-state index in [1.54, 1.807) is 0 Å². The van der Waals surface area contributed by atoms with Crippen molar-refractivity contribution in [3.63, 3.8) is 0 Å². The van der Waals surface area contributed by atoms with Crippen LogP contribution in [0.15, 0.2) is 0 Å². The summed E-state index contributed by atoms with van der Waals surface area (Å²) in [6.07, 6.45) is 5.11. The number of nitrogens with one attached hydrogen (secondary N) is 1. The summed E-state index contributed by atoms with van der Waals surface area (Å²) in [6, 6.07) is 0.627. The van der Waals surface area contributed by atoms with Crippen LogP contribution in [0.1, 0.15) is 50.9 Å². The van der Waals surface area contributed by atoms with Crippen LogP contribution < -0.4 is 5.32 Å². The largest absolute Gasteiger partial charge is 0.315 e. The van der Waals surface area contributed by atoms with E-state index in [4.69, 9.17) is 11.6 Å². The highest BCUT2D eigenvalue weighted by molar-refractivity contribution is 6.31. The Kier molecular flexibility index (Phi) is 6.52. The highest BCUT2D eigenvalue weighted by atomic mass is 35.5. The molecular weight excluding hydrogens is 284 g/mol. The number of hydrogen-bond acceptors (Lipinski definition) is 3. The van der Waals surface area contributed by atoms with E-state index in [1.807, 2.05) is 6.92 Å². The molecule has 120 valence electrons. The minimum atomic E-state index is 0.627. The van der Waals surface area contributed by atoms with Gasteiger partial charge in [-0.3, -0.25) is 9.58 Å². The van der Waals surface area contributed by atoms with Crippen molar-refractivity contribution in [1.82, 2.24) is 20.0 Å². The van der Waals surface area contributed by atoms with Crippen LogP contribution in [0.4, 0.5) is 0 Å². The average molecular weight is 313 g/mol. The molecule has 21 heavy (non-hydrogen) atoms. The molecule has 0 aliphatic carbocycles. The molecule has 1 aliphatic heterocycles. The van der Waals surface area contributed by atoms with Gasteiger partial charge in [0.1, 0.15) is 0 Å². The first-order chi connectivity index (χ1) is 10.2. The molecule has 1 N–H and O–H groups in total. The first-order valence-electron chi connectivity index (χ1n) is 8.33. The molecule has 0 spiro atoms. The normalized spacial score (nSPS) is 20.1. The topological polar surface area (TPSA) is 33.1 Å². The lowest BCUT2D eigenvalue weighted by molar-refractivity contribution is 0.134. The number of likely N-dealkylation sites (tertiary alicyclic amines) is 1. The lowest BCUT2D eigenvalue weighted by Gasteiger charge is -2.36. The Balaban J connectivity index is 2.04. The third-order valence-electron chi connectivity index (χ3n) is 4.36. The van der Waals surface area contributed by atoms with Gasteiger partial charge < -0.3 is 5.32 Å². The molecule has 0 radical (unpaired) electrons. The fourth-order valence-electron chi connectivity index (χ4n) is 3.16. The summed E-state index contributed by atoms with van der Waals surface area (Å²) in [4.78, 5) is 2.58. The standard InChI is InChI=1S/C16H29ClN4/c1-4-9-18-11-14-8-6-7-10-20(14)12-15-16(17)13(3)19-21(15)5-2/h14,18H,4-12H2,1-3H3. The Morgan fingerprint density at radius 1 is 1.33 bits per heavy atom. The van der Waals surface area contributed by atoms with E-state index < -0.39 is 0 Å². The van der Waals surface area contributed by atoms with Gasteiger partial charge in [0.05, 0.1) is 16.4 Å². The van der Waals surface area contributed by atoms with Crippen molar-refractivity contribution < 1.29 is 0 Å². The second-order valence-corrected chi connectivity index (χ2v) is 6.36. The molecule has 0 amide bonds. The van der Waals surface area contributed by atoms with E-state index >= 15 is 0 Å². The van der Waals surface area contributed by atoms with Crippen molar-refractivity contribution in [2.24, 2.45) is 0 Å². The number of aromatic nitrogens is 2. The Labute approximate surface area is 133 Å². The van der Waals surface area contributed by atoms with Crippen LogP contribution in [0.3, 0.4) is 0 Å². The second kappa shape index (κ2) is 8.16. The van der Waals surface area contributed by atoms with Gasteiger partial charge >= 0.3 is 0 Å². The molecule has 0 bridgehead atoms. The number of rotatable bonds is 7. The minimum absolute atomic E-state index is 0.627. The summed E-state index contributed by atoms with van der Waals surface area (Å²) in [5.74, 6) is 0. The molecule has 1 aromatic heterocycles. The van der Waals surface area contributed by atoms with Crippen molar-refractivity contribution in [3.8, 4) is 0 Å². The summed E-state index contributed by atoms with van der Waals surface area (Å²) in [7, 11) is 0. The first kappa shape index (κ1) is 16.8. The summed E-state index contributed by atoms with van der Waals surface area (Å²) >= 11 is 6.46. The lowest BCUT2D eigenvalue weighted by atomic mass is 10.0. The van der Waals surface area contributed by atoms with Crippen LogP contribution in [-0.2, 0) is 13.1 Å². The van der Waals surface area contributed by atoms with Crippen LogP contribution in [0, 0.1) is 6.92 Å². The lowest BCUT2D eigenvalue weighted by Crippen LogP contribution is -2.45. The van der Waals surface area contributed by atoms with Crippen molar-refractivity contribution in [2.75, 3.05) is 19.6 Å². The van der Waals surface area contributed by atoms with Gasteiger partial charge in [-0.25, -0.2) is 0 Å². The minimum Gasteiger partial charge on any atom is -0.315 e. The maximum absolute atomic E-state index is 6.46. The number of piperidine rings is 1. The van der Waals surface area contributed by atoms with Gasteiger partial charge in [0.15, 0.2) is 0 Å². The van der Waals surface area contributed by atoms with E-state index in [1.165, 1.54) is 37.9 Å². The van der Waals surface area contributed by atoms with Crippen LogP contribution >= 0.6 is 11.6 Å². The van der Waals surface area contributed by atoms with Gasteiger partial charge in [0, 0.05) is 25.7 Å². The maximum atomic E-state index is 6.46. The quantitative estimate of drug-likeness (QED) is 0.785. The number of aryl methyl sites for hydroxylation is 2. The number of halogens is 1. The molecule has 0 aromatic carbocycles. The second-order valence-electron chi connectivity index (χ2n) is 5.99. The molecule has 1 saturated heterocycles. The maximum Gasteiger partial charge on any atom is 0.0860 e. The predicted octanol–water partition coefficient (Wildman–Crippen LogP) is 3.22. The van der Waals surface area contributed by atoms with Crippen molar-refractivity contribution in [2.45, 2.75) is 65.6 Å². The van der Waals surface area contributed by atoms with Gasteiger partial charge in [-0.15, -0.1) is 0 Å². The van der Waals surface area contributed by atoms with Crippen molar-refractivity contribution in [1.29, 1.82) is 0 Å². The number of nitrogens with zero attached hydrogens (tertiary/aromatic N) is 3. The van der Waals surface area contributed by atoms with Crippen molar-refractivity contribution >= 4 is 11.6 Å². The van der Waals surface area contributed by atoms with E-state index in [0.717, 1.165) is 36.9 Å². The van der Waals surface area contributed by atoms with Crippen LogP contribution in [0.5, 0.6) is 0 Å². The van der Waals surface area contributed by atoms with E-state index in [-0.39, 0.29) is 0 Å². The summed E-state index contributed by atoms with van der Waals surface area (Å²) in [5, 5.41) is 8.96. The zero-order valence-corrected chi connectivity index (χ0v) is 14.4. The highest BCUT2D eigenvalue weighted by Gasteiger charge is 2.24. The van der Waals surface area contributed by atoms with Crippen molar-refractivity contribution in [3.05, 3.63) is 16.4 Å². The molecular formula is C16H29ClN4. The first-order valence-corrected chi connectivity index (χ1v) is 8.71. The molecule has 1 fully saturated rings. The summed E-state index contributed by atoms with van der Waals surface area (Å²) in [6.45, 7) is 11.5. The zero-order valence-electron chi connectivity index (χ0n) is 13.7. The average Bonchev–Trinajstić information content (AvgIpc) is 2.77. The molecule has 1 aromatic rings. The van der Waals surface area contributed by atoms with Gasteiger partial charge in [0.2, 0.25) is 0 Å². The van der Waals surface area contributed by atoms with Gasteiger partial charge in [-0.2, -0.15) is 5.10 Å². The molecule has 4 nitrogen and oxygen atoms in total. The van der Waals surface area contributed by atoms with Gasteiger partial charge in [-0.05, 0) is 46.2 Å². The third kappa shape index (κ3) is 4.21. The van der Waals surface area contributed by atoms with Gasteiger partial charge in [0.25, 0.3) is 0 Å². The third-order valence-corrected chi connectivity index (χ3v) is 4.85. The van der Waals surface area contributed by atoms with E-state index in [0.29, 0.717) is 6.04 Å². The van der Waals surface area contributed by atoms with E-state index in [9.17, 15) is 0 Å². The molecule has 2 rings (SSSR count). The summed E-state index contributed by atoms with van der Waals surface area (Å²) in [5.41, 5.74) is 2.13.